The Morgan fingerprint density at radius 2 is 2.31 bits per heavy atom. The highest BCUT2D eigenvalue weighted by atomic mass is 79.9. The number of pyridine rings is 1. The summed E-state index contributed by atoms with van der Waals surface area (Å²) in [6, 6.07) is 3.48. The third-order valence-corrected chi connectivity index (χ3v) is 2.62. The van der Waals surface area contributed by atoms with Crippen molar-refractivity contribution in [3.63, 3.8) is 0 Å². The summed E-state index contributed by atoms with van der Waals surface area (Å²) < 4.78 is 5.97. The highest BCUT2D eigenvalue weighted by Crippen LogP contribution is 2.18. The van der Waals surface area contributed by atoms with E-state index in [1.807, 2.05) is 19.1 Å². The Kier molecular flexibility index (Phi) is 3.31. The molecule has 2 aromatic heterocycles. The van der Waals surface area contributed by atoms with E-state index < -0.39 is 0 Å². The van der Waals surface area contributed by atoms with Gasteiger partial charge in [0.1, 0.15) is 5.69 Å². The molecule has 0 saturated carbocycles. The molecule has 0 aromatic carbocycles. The van der Waals surface area contributed by atoms with Crippen LogP contribution in [0.1, 0.15) is 25.3 Å². The summed E-state index contributed by atoms with van der Waals surface area (Å²) in [5.41, 5.74) is 6.45. The standard InChI is InChI=1S/C10H11BrN4O/c1-2-7(12)10-14-9(15-16-10)8-4-3-6(11)5-13-8/h3-5,7H,2,12H2,1H3/t7-/m1/s1. The second-order valence-electron chi connectivity index (χ2n) is 3.33. The number of halogens is 1. The van der Waals surface area contributed by atoms with Crippen molar-refractivity contribution in [2.24, 2.45) is 5.73 Å². The molecular weight excluding hydrogens is 272 g/mol. The molecule has 0 bridgehead atoms. The maximum Gasteiger partial charge on any atom is 0.243 e. The van der Waals surface area contributed by atoms with Crippen molar-refractivity contribution in [1.29, 1.82) is 0 Å². The first-order valence-electron chi connectivity index (χ1n) is 4.92. The molecule has 6 heteroatoms. The number of hydrogen-bond donors (Lipinski definition) is 1. The van der Waals surface area contributed by atoms with Crippen molar-refractivity contribution in [3.05, 3.63) is 28.7 Å². The maximum absolute atomic E-state index is 5.79. The molecule has 0 radical (unpaired) electrons. The molecule has 0 unspecified atom stereocenters. The predicted molar refractivity (Wildman–Crippen MR) is 62.4 cm³/mol. The van der Waals surface area contributed by atoms with E-state index >= 15 is 0 Å². The van der Waals surface area contributed by atoms with Crippen LogP contribution in [0.15, 0.2) is 27.3 Å². The smallest absolute Gasteiger partial charge is 0.243 e. The fraction of sp³-hybridized carbons (Fsp3) is 0.300. The Hall–Kier alpha value is -1.27. The van der Waals surface area contributed by atoms with Crippen LogP contribution in [-0.2, 0) is 0 Å². The van der Waals surface area contributed by atoms with E-state index in [1.165, 1.54) is 0 Å². The molecule has 2 heterocycles. The van der Waals surface area contributed by atoms with Crippen molar-refractivity contribution in [3.8, 4) is 11.5 Å². The van der Waals surface area contributed by atoms with Gasteiger partial charge in [-0.3, -0.25) is 4.98 Å². The molecule has 0 amide bonds. The molecule has 84 valence electrons. The molecule has 0 aliphatic carbocycles. The summed E-state index contributed by atoms with van der Waals surface area (Å²) in [5.74, 6) is 0.911. The van der Waals surface area contributed by atoms with Crippen LogP contribution in [-0.4, -0.2) is 15.1 Å². The predicted octanol–water partition coefficient (Wildman–Crippen LogP) is 2.30. The number of nitrogens with two attached hydrogens (primary N) is 1. The van der Waals surface area contributed by atoms with Crippen molar-refractivity contribution >= 4 is 15.9 Å². The van der Waals surface area contributed by atoms with E-state index in [9.17, 15) is 0 Å². The Morgan fingerprint density at radius 1 is 1.50 bits per heavy atom. The third kappa shape index (κ3) is 2.28. The third-order valence-electron chi connectivity index (χ3n) is 2.16. The Morgan fingerprint density at radius 3 is 2.94 bits per heavy atom. The molecule has 0 aliphatic rings. The number of hydrogen-bond acceptors (Lipinski definition) is 5. The van der Waals surface area contributed by atoms with E-state index in [4.69, 9.17) is 10.3 Å². The number of aromatic nitrogens is 3. The lowest BCUT2D eigenvalue weighted by Gasteiger charge is -1.99. The van der Waals surface area contributed by atoms with Gasteiger partial charge in [0.15, 0.2) is 0 Å². The molecule has 2 rings (SSSR count). The normalized spacial score (nSPS) is 12.7. The van der Waals surface area contributed by atoms with Crippen LogP contribution in [0.2, 0.25) is 0 Å². The fourth-order valence-corrected chi connectivity index (χ4v) is 1.41. The molecule has 1 atom stereocenters. The van der Waals surface area contributed by atoms with Gasteiger partial charge in [0.2, 0.25) is 11.7 Å². The lowest BCUT2D eigenvalue weighted by molar-refractivity contribution is 0.352. The average molecular weight is 283 g/mol. The lowest BCUT2D eigenvalue weighted by Crippen LogP contribution is -2.08. The topological polar surface area (TPSA) is 77.8 Å². The molecule has 2 N–H and O–H groups in total. The van der Waals surface area contributed by atoms with Crippen LogP contribution in [0.5, 0.6) is 0 Å². The Labute approximate surface area is 101 Å². The molecule has 0 fully saturated rings. The van der Waals surface area contributed by atoms with Gasteiger partial charge in [-0.15, -0.1) is 0 Å². The fourth-order valence-electron chi connectivity index (χ4n) is 1.17. The van der Waals surface area contributed by atoms with E-state index in [2.05, 4.69) is 31.1 Å². The van der Waals surface area contributed by atoms with Gasteiger partial charge in [0.05, 0.1) is 6.04 Å². The van der Waals surface area contributed by atoms with Crippen molar-refractivity contribution in [2.45, 2.75) is 19.4 Å². The molecule has 5 nitrogen and oxygen atoms in total. The summed E-state index contributed by atoms with van der Waals surface area (Å²) >= 11 is 3.31. The van der Waals surface area contributed by atoms with Crippen LogP contribution < -0.4 is 5.73 Å². The van der Waals surface area contributed by atoms with Gasteiger partial charge in [-0.05, 0) is 34.5 Å². The number of nitrogens with zero attached hydrogens (tertiary/aromatic N) is 3. The van der Waals surface area contributed by atoms with E-state index in [-0.39, 0.29) is 6.04 Å². The van der Waals surface area contributed by atoms with Crippen LogP contribution in [0.3, 0.4) is 0 Å². The van der Waals surface area contributed by atoms with E-state index in [1.54, 1.807) is 6.20 Å². The molecule has 0 spiro atoms. The zero-order valence-electron chi connectivity index (χ0n) is 8.72. The summed E-state index contributed by atoms with van der Waals surface area (Å²) in [7, 11) is 0. The van der Waals surface area contributed by atoms with Gasteiger partial charge >= 0.3 is 0 Å². The Balaban J connectivity index is 2.28. The minimum atomic E-state index is -0.211. The minimum Gasteiger partial charge on any atom is -0.337 e. The maximum atomic E-state index is 5.79. The summed E-state index contributed by atoms with van der Waals surface area (Å²) in [6.45, 7) is 1.96. The molecule has 16 heavy (non-hydrogen) atoms. The second kappa shape index (κ2) is 4.71. The molecule has 0 saturated heterocycles. The van der Waals surface area contributed by atoms with Crippen LogP contribution in [0.4, 0.5) is 0 Å². The highest BCUT2D eigenvalue weighted by Gasteiger charge is 2.14. The monoisotopic (exact) mass is 282 g/mol. The zero-order valence-corrected chi connectivity index (χ0v) is 10.3. The molecule has 2 aromatic rings. The second-order valence-corrected chi connectivity index (χ2v) is 4.25. The summed E-state index contributed by atoms with van der Waals surface area (Å²) in [6.07, 6.45) is 2.44. The van der Waals surface area contributed by atoms with Crippen LogP contribution in [0.25, 0.3) is 11.5 Å². The largest absolute Gasteiger partial charge is 0.337 e. The Bertz CT molecular complexity index is 468. The highest BCUT2D eigenvalue weighted by molar-refractivity contribution is 9.10. The van der Waals surface area contributed by atoms with Gasteiger partial charge in [-0.2, -0.15) is 4.98 Å². The van der Waals surface area contributed by atoms with E-state index in [0.29, 0.717) is 17.4 Å². The summed E-state index contributed by atoms with van der Waals surface area (Å²) in [4.78, 5) is 8.37. The number of rotatable bonds is 3. The first kappa shape index (κ1) is 11.2. The average Bonchev–Trinajstić information content (AvgIpc) is 2.78. The van der Waals surface area contributed by atoms with Crippen molar-refractivity contribution in [2.75, 3.05) is 0 Å². The van der Waals surface area contributed by atoms with Gasteiger partial charge in [-0.1, -0.05) is 12.1 Å². The van der Waals surface area contributed by atoms with Crippen LogP contribution >= 0.6 is 15.9 Å². The lowest BCUT2D eigenvalue weighted by atomic mass is 10.2. The quantitative estimate of drug-likeness (QED) is 0.935. The van der Waals surface area contributed by atoms with Gasteiger partial charge in [0.25, 0.3) is 0 Å². The zero-order chi connectivity index (χ0) is 11.5. The van der Waals surface area contributed by atoms with E-state index in [0.717, 1.165) is 10.9 Å². The first-order chi connectivity index (χ1) is 7.70. The molecular formula is C10H11BrN4O. The van der Waals surface area contributed by atoms with Gasteiger partial charge in [0, 0.05) is 10.7 Å². The SMILES string of the molecule is CC[C@@H](N)c1nc(-c2ccc(Br)cn2)no1. The molecule has 0 aliphatic heterocycles. The van der Waals surface area contributed by atoms with Gasteiger partial charge in [-0.25, -0.2) is 0 Å². The van der Waals surface area contributed by atoms with Crippen molar-refractivity contribution in [1.82, 2.24) is 15.1 Å². The van der Waals surface area contributed by atoms with Crippen molar-refractivity contribution < 1.29 is 4.52 Å². The summed E-state index contributed by atoms with van der Waals surface area (Å²) in [5, 5.41) is 3.84. The van der Waals surface area contributed by atoms with Crippen LogP contribution in [0, 0.1) is 0 Å². The van der Waals surface area contributed by atoms with Gasteiger partial charge < -0.3 is 10.3 Å². The first-order valence-corrected chi connectivity index (χ1v) is 5.71. The minimum absolute atomic E-state index is 0.211.